The quantitative estimate of drug-likeness (QED) is 0.895. The van der Waals surface area contributed by atoms with Crippen molar-refractivity contribution >= 4 is 11.6 Å². The second-order valence-electron chi connectivity index (χ2n) is 6.95. The molecule has 122 valence electrons. The van der Waals surface area contributed by atoms with E-state index in [4.69, 9.17) is 0 Å². The van der Waals surface area contributed by atoms with Crippen molar-refractivity contribution in [1.29, 1.82) is 0 Å². The van der Waals surface area contributed by atoms with Crippen molar-refractivity contribution in [2.75, 3.05) is 29.9 Å². The monoisotopic (exact) mass is 304 g/mol. The van der Waals surface area contributed by atoms with Crippen LogP contribution in [0, 0.1) is 11.8 Å². The zero-order valence-electron chi connectivity index (χ0n) is 13.5. The van der Waals surface area contributed by atoms with Gasteiger partial charge in [-0.3, -0.25) is 0 Å². The zero-order valence-corrected chi connectivity index (χ0v) is 13.5. The van der Waals surface area contributed by atoms with Crippen LogP contribution >= 0.6 is 0 Å². The SMILES string of the molecule is CC1CCCN(c2cc(NCC3CCCCC3O)ncn2)C1. The Morgan fingerprint density at radius 3 is 2.91 bits per heavy atom. The first kappa shape index (κ1) is 15.5. The lowest BCUT2D eigenvalue weighted by atomic mass is 9.86. The third kappa shape index (κ3) is 3.88. The Bertz CT molecular complexity index is 481. The van der Waals surface area contributed by atoms with E-state index in [1.165, 1.54) is 19.3 Å². The molecular weight excluding hydrogens is 276 g/mol. The van der Waals surface area contributed by atoms with Gasteiger partial charge in [0.05, 0.1) is 6.10 Å². The first-order chi connectivity index (χ1) is 10.7. The van der Waals surface area contributed by atoms with Crippen LogP contribution in [0.3, 0.4) is 0 Å². The molecule has 2 heterocycles. The lowest BCUT2D eigenvalue weighted by Crippen LogP contribution is -2.35. The standard InChI is InChI=1S/C17H28N4O/c1-13-5-4-8-21(11-13)17-9-16(19-12-20-17)18-10-14-6-2-3-7-15(14)22/h9,12-15,22H,2-8,10-11H2,1H3,(H,18,19,20). The summed E-state index contributed by atoms with van der Waals surface area (Å²) in [5, 5.41) is 13.5. The highest BCUT2D eigenvalue weighted by Crippen LogP contribution is 2.25. The molecule has 0 radical (unpaired) electrons. The Hall–Kier alpha value is -1.36. The summed E-state index contributed by atoms with van der Waals surface area (Å²) >= 11 is 0. The predicted octanol–water partition coefficient (Wildman–Crippen LogP) is 2.68. The van der Waals surface area contributed by atoms with Gasteiger partial charge in [0.25, 0.3) is 0 Å². The fraction of sp³-hybridized carbons (Fsp3) is 0.765. The molecular formula is C17H28N4O. The molecule has 3 atom stereocenters. The van der Waals surface area contributed by atoms with Crippen LogP contribution in [0.5, 0.6) is 0 Å². The van der Waals surface area contributed by atoms with Gasteiger partial charge in [0.2, 0.25) is 0 Å². The lowest BCUT2D eigenvalue weighted by Gasteiger charge is -2.32. The van der Waals surface area contributed by atoms with E-state index in [1.807, 2.05) is 6.07 Å². The average molecular weight is 304 g/mol. The Kier molecular flexibility index (Phi) is 5.13. The molecule has 1 saturated carbocycles. The van der Waals surface area contributed by atoms with Crippen LogP contribution in [0.25, 0.3) is 0 Å². The van der Waals surface area contributed by atoms with E-state index in [0.29, 0.717) is 5.92 Å². The van der Waals surface area contributed by atoms with Gasteiger partial charge in [-0.2, -0.15) is 0 Å². The van der Waals surface area contributed by atoms with Gasteiger partial charge in [-0.25, -0.2) is 9.97 Å². The fourth-order valence-corrected chi connectivity index (χ4v) is 3.68. The van der Waals surface area contributed by atoms with Gasteiger partial charge < -0.3 is 15.3 Å². The summed E-state index contributed by atoms with van der Waals surface area (Å²) < 4.78 is 0. The van der Waals surface area contributed by atoms with E-state index in [1.54, 1.807) is 6.33 Å². The number of rotatable bonds is 4. The fourth-order valence-electron chi connectivity index (χ4n) is 3.68. The van der Waals surface area contributed by atoms with Crippen LogP contribution < -0.4 is 10.2 Å². The molecule has 1 aromatic heterocycles. The summed E-state index contributed by atoms with van der Waals surface area (Å²) in [7, 11) is 0. The van der Waals surface area contributed by atoms with Gasteiger partial charge >= 0.3 is 0 Å². The first-order valence-electron chi connectivity index (χ1n) is 8.71. The molecule has 2 aliphatic rings. The van der Waals surface area contributed by atoms with Crippen LogP contribution in [-0.4, -0.2) is 40.8 Å². The number of anilines is 2. The third-order valence-electron chi connectivity index (χ3n) is 5.05. The van der Waals surface area contributed by atoms with Crippen molar-refractivity contribution in [3.8, 4) is 0 Å². The number of aliphatic hydroxyl groups is 1. The molecule has 0 bridgehead atoms. The molecule has 3 rings (SSSR count). The maximum Gasteiger partial charge on any atom is 0.134 e. The molecule has 0 amide bonds. The third-order valence-corrected chi connectivity index (χ3v) is 5.05. The van der Waals surface area contributed by atoms with Crippen LogP contribution in [0.4, 0.5) is 11.6 Å². The summed E-state index contributed by atoms with van der Waals surface area (Å²) in [5.74, 6) is 2.98. The van der Waals surface area contributed by atoms with Crippen molar-refractivity contribution in [3.05, 3.63) is 12.4 Å². The van der Waals surface area contributed by atoms with Gasteiger partial charge in [0.15, 0.2) is 0 Å². The summed E-state index contributed by atoms with van der Waals surface area (Å²) in [5.41, 5.74) is 0. The molecule has 1 saturated heterocycles. The lowest BCUT2D eigenvalue weighted by molar-refractivity contribution is 0.0763. The minimum absolute atomic E-state index is 0.162. The number of piperidine rings is 1. The smallest absolute Gasteiger partial charge is 0.134 e. The van der Waals surface area contributed by atoms with Crippen molar-refractivity contribution in [3.63, 3.8) is 0 Å². The summed E-state index contributed by atoms with van der Waals surface area (Å²) in [6.45, 7) is 5.27. The average Bonchev–Trinajstić information content (AvgIpc) is 2.54. The van der Waals surface area contributed by atoms with E-state index in [-0.39, 0.29) is 6.10 Å². The van der Waals surface area contributed by atoms with Crippen LogP contribution in [0.15, 0.2) is 12.4 Å². The molecule has 5 heteroatoms. The van der Waals surface area contributed by atoms with E-state index >= 15 is 0 Å². The molecule has 2 N–H and O–H groups in total. The number of nitrogens with zero attached hydrogens (tertiary/aromatic N) is 3. The number of aromatic nitrogens is 2. The van der Waals surface area contributed by atoms with E-state index in [2.05, 4.69) is 27.1 Å². The van der Waals surface area contributed by atoms with Crippen LogP contribution in [0.1, 0.15) is 45.4 Å². The van der Waals surface area contributed by atoms with E-state index in [9.17, 15) is 5.11 Å². The minimum Gasteiger partial charge on any atom is -0.393 e. The number of nitrogens with one attached hydrogen (secondary N) is 1. The van der Waals surface area contributed by atoms with Gasteiger partial charge in [-0.05, 0) is 31.6 Å². The second kappa shape index (κ2) is 7.27. The van der Waals surface area contributed by atoms with Crippen LogP contribution in [-0.2, 0) is 0 Å². The van der Waals surface area contributed by atoms with E-state index in [0.717, 1.165) is 56.5 Å². The minimum atomic E-state index is -0.162. The highest BCUT2D eigenvalue weighted by Gasteiger charge is 2.23. The number of hydrogen-bond donors (Lipinski definition) is 2. The number of hydrogen-bond acceptors (Lipinski definition) is 5. The Balaban J connectivity index is 1.59. The molecule has 1 aliphatic carbocycles. The normalized spacial score (nSPS) is 29.4. The summed E-state index contributed by atoms with van der Waals surface area (Å²) in [6.07, 6.45) is 8.46. The highest BCUT2D eigenvalue weighted by atomic mass is 16.3. The largest absolute Gasteiger partial charge is 0.393 e. The van der Waals surface area contributed by atoms with Gasteiger partial charge in [0.1, 0.15) is 18.0 Å². The van der Waals surface area contributed by atoms with Gasteiger partial charge in [0, 0.05) is 31.6 Å². The maximum absolute atomic E-state index is 10.1. The Morgan fingerprint density at radius 2 is 2.09 bits per heavy atom. The first-order valence-corrected chi connectivity index (χ1v) is 8.71. The topological polar surface area (TPSA) is 61.3 Å². The van der Waals surface area contributed by atoms with Crippen LogP contribution in [0.2, 0.25) is 0 Å². The molecule has 22 heavy (non-hydrogen) atoms. The van der Waals surface area contributed by atoms with Crippen molar-refractivity contribution < 1.29 is 5.11 Å². The predicted molar refractivity (Wildman–Crippen MR) is 89.1 cm³/mol. The Morgan fingerprint density at radius 1 is 1.23 bits per heavy atom. The second-order valence-corrected chi connectivity index (χ2v) is 6.95. The summed E-state index contributed by atoms with van der Waals surface area (Å²) in [4.78, 5) is 11.1. The maximum atomic E-state index is 10.1. The molecule has 1 aromatic rings. The zero-order chi connectivity index (χ0) is 15.4. The Labute approximate surface area is 133 Å². The molecule has 2 fully saturated rings. The van der Waals surface area contributed by atoms with Gasteiger partial charge in [-0.15, -0.1) is 0 Å². The van der Waals surface area contributed by atoms with Crippen molar-refractivity contribution in [1.82, 2.24) is 9.97 Å². The molecule has 0 spiro atoms. The van der Waals surface area contributed by atoms with E-state index < -0.39 is 0 Å². The van der Waals surface area contributed by atoms with Gasteiger partial charge in [-0.1, -0.05) is 19.8 Å². The summed E-state index contributed by atoms with van der Waals surface area (Å²) in [6, 6.07) is 2.05. The number of aliphatic hydroxyl groups excluding tert-OH is 1. The molecule has 5 nitrogen and oxygen atoms in total. The molecule has 3 unspecified atom stereocenters. The van der Waals surface area contributed by atoms with Crippen molar-refractivity contribution in [2.45, 2.75) is 51.6 Å². The highest BCUT2D eigenvalue weighted by molar-refractivity contribution is 5.48. The molecule has 0 aromatic carbocycles. The van der Waals surface area contributed by atoms with Crippen molar-refractivity contribution in [2.24, 2.45) is 11.8 Å². The molecule has 1 aliphatic heterocycles.